The van der Waals surface area contributed by atoms with Gasteiger partial charge in [-0.3, -0.25) is 0 Å². The average molecular weight is 182 g/mol. The topological polar surface area (TPSA) is 0 Å². The maximum absolute atomic E-state index is 2.48. The molecule has 0 nitrogen and oxygen atoms in total. The molecule has 0 N–H and O–H groups in total. The summed E-state index contributed by atoms with van der Waals surface area (Å²) >= 11 is 0. The van der Waals surface area contributed by atoms with Crippen LogP contribution in [0.3, 0.4) is 0 Å². The summed E-state index contributed by atoms with van der Waals surface area (Å²) in [5.74, 6) is 2.26. The second kappa shape index (κ2) is 6.23. The van der Waals surface area contributed by atoms with Crippen molar-refractivity contribution in [2.24, 2.45) is 17.8 Å². The van der Waals surface area contributed by atoms with Crippen LogP contribution in [0, 0.1) is 17.8 Å². The average Bonchev–Trinajstić information content (AvgIpc) is 2.12. The van der Waals surface area contributed by atoms with Gasteiger partial charge in [-0.15, -0.1) is 0 Å². The van der Waals surface area contributed by atoms with Crippen molar-refractivity contribution in [3.63, 3.8) is 0 Å². The van der Waals surface area contributed by atoms with Crippen LogP contribution in [-0.2, 0) is 0 Å². The monoisotopic (exact) mass is 182 g/mol. The van der Waals surface area contributed by atoms with E-state index in [2.05, 4.69) is 47.6 Å². The lowest BCUT2D eigenvalue weighted by atomic mass is 9.89. The summed E-state index contributed by atoms with van der Waals surface area (Å²) in [6, 6.07) is 0. The van der Waals surface area contributed by atoms with Gasteiger partial charge in [0.2, 0.25) is 0 Å². The molecule has 0 fully saturated rings. The largest absolute Gasteiger partial charge is 0.0820 e. The molecule has 0 rings (SSSR count). The predicted octanol–water partition coefficient (Wildman–Crippen LogP) is 4.66. The van der Waals surface area contributed by atoms with Crippen molar-refractivity contribution in [2.45, 2.75) is 54.4 Å². The van der Waals surface area contributed by atoms with E-state index >= 15 is 0 Å². The number of rotatable bonds is 5. The van der Waals surface area contributed by atoms with Crippen LogP contribution in [0.25, 0.3) is 0 Å². The second-order valence-corrected chi connectivity index (χ2v) is 4.51. The van der Waals surface area contributed by atoms with Gasteiger partial charge in [0.05, 0.1) is 0 Å². The first-order chi connectivity index (χ1) is 6.02. The van der Waals surface area contributed by atoms with E-state index in [0.29, 0.717) is 0 Å². The van der Waals surface area contributed by atoms with Gasteiger partial charge in [-0.1, -0.05) is 53.2 Å². The Morgan fingerprint density at radius 1 is 1.08 bits per heavy atom. The zero-order valence-electron chi connectivity index (χ0n) is 10.2. The minimum absolute atomic E-state index is 0.726. The van der Waals surface area contributed by atoms with Crippen LogP contribution in [0.5, 0.6) is 0 Å². The van der Waals surface area contributed by atoms with Gasteiger partial charge in [0, 0.05) is 0 Å². The lowest BCUT2D eigenvalue weighted by Gasteiger charge is -2.17. The van der Waals surface area contributed by atoms with Crippen LogP contribution in [0.1, 0.15) is 54.4 Å². The summed E-state index contributed by atoms with van der Waals surface area (Å²) in [5.41, 5.74) is 1.64. The molecule has 0 aromatic heterocycles. The summed E-state index contributed by atoms with van der Waals surface area (Å²) in [7, 11) is 0. The highest BCUT2D eigenvalue weighted by Gasteiger charge is 2.08. The van der Waals surface area contributed by atoms with Crippen LogP contribution in [0.2, 0.25) is 0 Å². The molecule has 0 radical (unpaired) electrons. The first kappa shape index (κ1) is 12.7. The van der Waals surface area contributed by atoms with Crippen LogP contribution < -0.4 is 0 Å². The molecule has 0 aromatic rings. The minimum Gasteiger partial charge on any atom is -0.0820 e. The van der Waals surface area contributed by atoms with Crippen molar-refractivity contribution in [1.29, 1.82) is 0 Å². The summed E-state index contributed by atoms with van der Waals surface area (Å²) < 4.78 is 0. The van der Waals surface area contributed by atoms with Crippen molar-refractivity contribution >= 4 is 0 Å². The quantitative estimate of drug-likeness (QED) is 0.542. The van der Waals surface area contributed by atoms with Gasteiger partial charge in [-0.05, 0) is 30.6 Å². The second-order valence-electron chi connectivity index (χ2n) is 4.51. The molecule has 78 valence electrons. The summed E-state index contributed by atoms with van der Waals surface area (Å²) in [6.07, 6.45) is 4.97. The van der Waals surface area contributed by atoms with Crippen LogP contribution in [0.15, 0.2) is 11.6 Å². The molecule has 0 heterocycles. The van der Waals surface area contributed by atoms with E-state index in [0.717, 1.165) is 17.8 Å². The Hall–Kier alpha value is -0.260. The zero-order valence-corrected chi connectivity index (χ0v) is 10.2. The molecule has 0 aliphatic heterocycles. The lowest BCUT2D eigenvalue weighted by molar-refractivity contribution is 0.492. The number of hydrogen-bond acceptors (Lipinski definition) is 0. The maximum atomic E-state index is 2.48. The van der Waals surface area contributed by atoms with Crippen LogP contribution in [-0.4, -0.2) is 0 Å². The Balaban J connectivity index is 4.37. The Labute approximate surface area is 84.4 Å². The summed E-state index contributed by atoms with van der Waals surface area (Å²) in [4.78, 5) is 0. The van der Waals surface area contributed by atoms with E-state index in [9.17, 15) is 0 Å². The Kier molecular flexibility index (Phi) is 6.11. The molecule has 2 unspecified atom stereocenters. The molecule has 13 heavy (non-hydrogen) atoms. The molecule has 0 saturated carbocycles. The fourth-order valence-corrected chi connectivity index (χ4v) is 1.42. The lowest BCUT2D eigenvalue weighted by Crippen LogP contribution is -2.04. The maximum Gasteiger partial charge on any atom is -0.0234 e. The molecule has 0 heteroatoms. The summed E-state index contributed by atoms with van der Waals surface area (Å²) in [5, 5.41) is 0. The van der Waals surface area contributed by atoms with Gasteiger partial charge in [0.1, 0.15) is 0 Å². The van der Waals surface area contributed by atoms with Gasteiger partial charge in [-0.2, -0.15) is 0 Å². The molecular weight excluding hydrogens is 156 g/mol. The first-order valence-corrected chi connectivity index (χ1v) is 5.73. The molecule has 2 atom stereocenters. The SMILES string of the molecule is CCC(=CC(C)C(C)C)C(C)CC. The molecule has 0 aliphatic rings. The van der Waals surface area contributed by atoms with Crippen molar-refractivity contribution in [1.82, 2.24) is 0 Å². The smallest absolute Gasteiger partial charge is 0.0234 e. The molecule has 0 amide bonds. The molecule has 0 aliphatic carbocycles. The van der Waals surface area contributed by atoms with Gasteiger partial charge >= 0.3 is 0 Å². The Bertz CT molecular complexity index is 153. The van der Waals surface area contributed by atoms with Crippen molar-refractivity contribution < 1.29 is 0 Å². The number of hydrogen-bond donors (Lipinski definition) is 0. The van der Waals surface area contributed by atoms with Crippen LogP contribution >= 0.6 is 0 Å². The van der Waals surface area contributed by atoms with E-state index in [-0.39, 0.29) is 0 Å². The molecular formula is C13H26. The Morgan fingerprint density at radius 2 is 1.62 bits per heavy atom. The van der Waals surface area contributed by atoms with E-state index in [4.69, 9.17) is 0 Å². The molecule has 0 aromatic carbocycles. The van der Waals surface area contributed by atoms with Gasteiger partial charge in [0.25, 0.3) is 0 Å². The normalized spacial score (nSPS) is 17.6. The zero-order chi connectivity index (χ0) is 10.4. The van der Waals surface area contributed by atoms with E-state index < -0.39 is 0 Å². The van der Waals surface area contributed by atoms with Crippen molar-refractivity contribution in [3.05, 3.63) is 11.6 Å². The molecule has 0 bridgehead atoms. The third kappa shape index (κ3) is 4.50. The van der Waals surface area contributed by atoms with E-state index in [1.165, 1.54) is 12.8 Å². The Morgan fingerprint density at radius 3 is 1.92 bits per heavy atom. The van der Waals surface area contributed by atoms with Crippen molar-refractivity contribution in [3.8, 4) is 0 Å². The number of allylic oxidation sites excluding steroid dienone is 2. The third-order valence-electron chi connectivity index (χ3n) is 3.18. The minimum atomic E-state index is 0.726. The molecule has 0 saturated heterocycles. The predicted molar refractivity (Wildman–Crippen MR) is 61.8 cm³/mol. The van der Waals surface area contributed by atoms with Gasteiger partial charge < -0.3 is 0 Å². The van der Waals surface area contributed by atoms with E-state index in [1.54, 1.807) is 5.57 Å². The molecule has 0 spiro atoms. The summed E-state index contributed by atoms with van der Waals surface area (Å²) in [6.45, 7) is 13.8. The first-order valence-electron chi connectivity index (χ1n) is 5.73. The standard InChI is InChI=1S/C13H26/c1-7-11(5)13(8-2)9-12(6)10(3)4/h9-12H,7-8H2,1-6H3. The fourth-order valence-electron chi connectivity index (χ4n) is 1.42. The highest BCUT2D eigenvalue weighted by Crippen LogP contribution is 2.22. The third-order valence-corrected chi connectivity index (χ3v) is 3.18. The van der Waals surface area contributed by atoms with E-state index in [1.807, 2.05) is 0 Å². The van der Waals surface area contributed by atoms with Gasteiger partial charge in [-0.25, -0.2) is 0 Å². The van der Waals surface area contributed by atoms with Crippen LogP contribution in [0.4, 0.5) is 0 Å². The van der Waals surface area contributed by atoms with Gasteiger partial charge in [0.15, 0.2) is 0 Å². The highest BCUT2D eigenvalue weighted by atomic mass is 14.1. The fraction of sp³-hybridized carbons (Fsp3) is 0.846. The highest BCUT2D eigenvalue weighted by molar-refractivity contribution is 5.07. The van der Waals surface area contributed by atoms with Crippen molar-refractivity contribution in [2.75, 3.05) is 0 Å².